The molecule has 2 rings (SSSR count). The van der Waals surface area contributed by atoms with Gasteiger partial charge in [0.15, 0.2) is 0 Å². The number of hydrogen-bond acceptors (Lipinski definition) is 5. The van der Waals surface area contributed by atoms with E-state index in [1.807, 2.05) is 12.1 Å². The fourth-order valence-corrected chi connectivity index (χ4v) is 2.46. The number of nitrogens with two attached hydrogens (primary N) is 1. The van der Waals surface area contributed by atoms with E-state index in [9.17, 15) is 4.79 Å². The Kier molecular flexibility index (Phi) is 6.41. The van der Waals surface area contributed by atoms with Crippen LogP contribution in [-0.4, -0.2) is 16.1 Å². The van der Waals surface area contributed by atoms with E-state index >= 15 is 0 Å². The van der Waals surface area contributed by atoms with Crippen molar-refractivity contribution >= 4 is 40.5 Å². The number of amides is 1. The van der Waals surface area contributed by atoms with E-state index in [4.69, 9.17) is 5.73 Å². The monoisotopic (exact) mass is 312 g/mol. The molecule has 1 heterocycles. The number of aromatic nitrogens is 2. The molecule has 0 bridgehead atoms. The molecule has 0 unspecified atom stereocenters. The van der Waals surface area contributed by atoms with E-state index in [-0.39, 0.29) is 18.3 Å². The van der Waals surface area contributed by atoms with Crippen LogP contribution < -0.4 is 11.1 Å². The number of aryl methyl sites for hydroxylation is 1. The van der Waals surface area contributed by atoms with Crippen LogP contribution in [0.3, 0.4) is 0 Å². The highest BCUT2D eigenvalue weighted by Gasteiger charge is 2.08. The lowest BCUT2D eigenvalue weighted by atomic mass is 10.1. The number of carbonyl (C=O) groups is 1. The largest absolute Gasteiger partial charge is 0.399 e. The highest BCUT2D eigenvalue weighted by Crippen LogP contribution is 2.17. The lowest BCUT2D eigenvalue weighted by Gasteiger charge is -2.01. The van der Waals surface area contributed by atoms with Gasteiger partial charge in [0.1, 0.15) is 5.01 Å². The molecule has 0 saturated heterocycles. The summed E-state index contributed by atoms with van der Waals surface area (Å²) in [5, 5.41) is 12.2. The molecule has 0 radical (unpaired) electrons. The van der Waals surface area contributed by atoms with Gasteiger partial charge in [-0.1, -0.05) is 30.4 Å². The van der Waals surface area contributed by atoms with Crippen LogP contribution >= 0.6 is 23.7 Å². The molecule has 5 nitrogen and oxygen atoms in total. The lowest BCUT2D eigenvalue weighted by Crippen LogP contribution is -2.14. The summed E-state index contributed by atoms with van der Waals surface area (Å²) in [4.78, 5) is 11.8. The van der Waals surface area contributed by atoms with Gasteiger partial charge in [-0.05, 0) is 24.1 Å². The Balaban J connectivity index is 0.00000200. The summed E-state index contributed by atoms with van der Waals surface area (Å²) in [5.74, 6) is -0.0935. The number of anilines is 2. The van der Waals surface area contributed by atoms with Crippen molar-refractivity contribution in [3.05, 3.63) is 34.8 Å². The van der Waals surface area contributed by atoms with E-state index in [0.29, 0.717) is 17.2 Å². The number of hydrogen-bond donors (Lipinski definition) is 2. The quantitative estimate of drug-likeness (QED) is 0.832. The minimum absolute atomic E-state index is 0. The highest BCUT2D eigenvalue weighted by molar-refractivity contribution is 7.15. The Morgan fingerprint density at radius 2 is 2.00 bits per heavy atom. The molecule has 0 aliphatic heterocycles. The Bertz CT molecular complexity index is 556. The van der Waals surface area contributed by atoms with Crippen LogP contribution in [0.4, 0.5) is 10.8 Å². The molecular weight excluding hydrogens is 296 g/mol. The van der Waals surface area contributed by atoms with E-state index in [0.717, 1.165) is 23.4 Å². The molecule has 3 N–H and O–H groups in total. The van der Waals surface area contributed by atoms with Gasteiger partial charge in [-0.3, -0.25) is 4.79 Å². The summed E-state index contributed by atoms with van der Waals surface area (Å²) >= 11 is 1.42. The maximum absolute atomic E-state index is 11.8. The third kappa shape index (κ3) is 4.79. The second kappa shape index (κ2) is 7.81. The number of rotatable bonds is 5. The number of benzene rings is 1. The van der Waals surface area contributed by atoms with Crippen LogP contribution in [0.5, 0.6) is 0 Å². The summed E-state index contributed by atoms with van der Waals surface area (Å²) in [6.07, 6.45) is 2.22. The Morgan fingerprint density at radius 1 is 1.30 bits per heavy atom. The molecule has 1 aromatic carbocycles. The van der Waals surface area contributed by atoms with Crippen LogP contribution in [0.25, 0.3) is 0 Å². The molecule has 0 aliphatic rings. The summed E-state index contributed by atoms with van der Waals surface area (Å²) in [5.41, 5.74) is 7.21. The third-order valence-electron chi connectivity index (χ3n) is 2.52. The molecule has 0 spiro atoms. The topological polar surface area (TPSA) is 80.9 Å². The number of nitrogen functional groups attached to an aromatic ring is 1. The first-order valence-corrected chi connectivity index (χ1v) is 6.95. The van der Waals surface area contributed by atoms with E-state index in [1.165, 1.54) is 11.3 Å². The first-order valence-electron chi connectivity index (χ1n) is 6.14. The fraction of sp³-hybridized carbons (Fsp3) is 0.308. The van der Waals surface area contributed by atoms with Crippen molar-refractivity contribution in [1.29, 1.82) is 0 Å². The van der Waals surface area contributed by atoms with Gasteiger partial charge in [0.05, 0.1) is 6.42 Å². The zero-order valence-electron chi connectivity index (χ0n) is 11.1. The molecule has 0 saturated carbocycles. The molecule has 0 aliphatic carbocycles. The average Bonchev–Trinajstić information content (AvgIpc) is 2.80. The van der Waals surface area contributed by atoms with Gasteiger partial charge in [-0.2, -0.15) is 0 Å². The summed E-state index contributed by atoms with van der Waals surface area (Å²) in [6.45, 7) is 2.08. The molecule has 108 valence electrons. The molecular formula is C13H17ClN4OS. The van der Waals surface area contributed by atoms with Crippen molar-refractivity contribution < 1.29 is 4.79 Å². The van der Waals surface area contributed by atoms with E-state index in [1.54, 1.807) is 12.1 Å². The van der Waals surface area contributed by atoms with Crippen molar-refractivity contribution in [2.75, 3.05) is 11.1 Å². The Morgan fingerprint density at radius 3 is 2.65 bits per heavy atom. The normalized spacial score (nSPS) is 9.85. The summed E-state index contributed by atoms with van der Waals surface area (Å²) in [6, 6.07) is 7.26. The van der Waals surface area contributed by atoms with Crippen LogP contribution in [0.1, 0.15) is 23.9 Å². The van der Waals surface area contributed by atoms with Crippen LogP contribution in [0.15, 0.2) is 24.3 Å². The van der Waals surface area contributed by atoms with E-state index in [2.05, 4.69) is 22.4 Å². The van der Waals surface area contributed by atoms with Crippen molar-refractivity contribution in [2.24, 2.45) is 0 Å². The smallest absolute Gasteiger partial charge is 0.230 e. The molecule has 7 heteroatoms. The van der Waals surface area contributed by atoms with Gasteiger partial charge < -0.3 is 11.1 Å². The van der Waals surface area contributed by atoms with Gasteiger partial charge in [0.2, 0.25) is 11.0 Å². The third-order valence-corrected chi connectivity index (χ3v) is 3.42. The van der Waals surface area contributed by atoms with Crippen molar-refractivity contribution in [3.8, 4) is 0 Å². The molecule has 1 aromatic heterocycles. The predicted octanol–water partition coefficient (Wildman–Crippen LogP) is 2.68. The lowest BCUT2D eigenvalue weighted by molar-refractivity contribution is -0.115. The zero-order chi connectivity index (χ0) is 13.7. The molecule has 0 atom stereocenters. The molecule has 1 amide bonds. The summed E-state index contributed by atoms with van der Waals surface area (Å²) in [7, 11) is 0. The van der Waals surface area contributed by atoms with Gasteiger partial charge in [-0.25, -0.2) is 0 Å². The molecule has 0 fully saturated rings. The molecule has 20 heavy (non-hydrogen) atoms. The van der Waals surface area contributed by atoms with Gasteiger partial charge >= 0.3 is 0 Å². The molecule has 2 aromatic rings. The number of nitrogens with one attached hydrogen (secondary N) is 1. The minimum atomic E-state index is -0.0935. The van der Waals surface area contributed by atoms with Crippen molar-refractivity contribution in [1.82, 2.24) is 10.2 Å². The Labute approximate surface area is 128 Å². The van der Waals surface area contributed by atoms with Crippen molar-refractivity contribution in [2.45, 2.75) is 26.2 Å². The highest BCUT2D eigenvalue weighted by atomic mass is 35.5. The van der Waals surface area contributed by atoms with Gasteiger partial charge in [-0.15, -0.1) is 22.6 Å². The zero-order valence-corrected chi connectivity index (χ0v) is 12.8. The fourth-order valence-electron chi connectivity index (χ4n) is 1.60. The number of carbonyl (C=O) groups excluding carboxylic acids is 1. The maximum atomic E-state index is 11.8. The van der Waals surface area contributed by atoms with Crippen LogP contribution in [0, 0.1) is 0 Å². The van der Waals surface area contributed by atoms with Crippen LogP contribution in [0.2, 0.25) is 0 Å². The van der Waals surface area contributed by atoms with E-state index < -0.39 is 0 Å². The van der Waals surface area contributed by atoms with Crippen LogP contribution in [-0.2, 0) is 17.6 Å². The van der Waals surface area contributed by atoms with Crippen molar-refractivity contribution in [3.63, 3.8) is 0 Å². The summed E-state index contributed by atoms with van der Waals surface area (Å²) < 4.78 is 0. The van der Waals surface area contributed by atoms with Gasteiger partial charge in [0, 0.05) is 12.1 Å². The SMILES string of the molecule is CCCc1nnc(NC(=O)Cc2ccc(N)cc2)s1.Cl. The number of halogens is 1. The first kappa shape index (κ1) is 16.4. The van der Waals surface area contributed by atoms with Gasteiger partial charge in [0.25, 0.3) is 0 Å². The predicted molar refractivity (Wildman–Crippen MR) is 84.3 cm³/mol. The standard InChI is InChI=1S/C13H16N4OS.ClH/c1-2-3-12-16-17-13(19-12)15-11(18)8-9-4-6-10(14)7-5-9;/h4-7H,2-3,8,14H2,1H3,(H,15,17,18);1H. The number of nitrogens with zero attached hydrogens (tertiary/aromatic N) is 2. The minimum Gasteiger partial charge on any atom is -0.399 e. The second-order valence-electron chi connectivity index (χ2n) is 4.22. The average molecular weight is 313 g/mol. The first-order chi connectivity index (χ1) is 9.17. The maximum Gasteiger partial charge on any atom is 0.230 e. The second-order valence-corrected chi connectivity index (χ2v) is 5.28. The Hall–Kier alpha value is -1.66.